The van der Waals surface area contributed by atoms with Crippen LogP contribution in [-0.4, -0.2) is 43.1 Å². The first-order valence-electron chi connectivity index (χ1n) is 12.6. The van der Waals surface area contributed by atoms with Crippen molar-refractivity contribution < 1.29 is 28.1 Å². The average Bonchev–Trinajstić information content (AvgIpc) is 2.83. The van der Waals surface area contributed by atoms with Crippen molar-refractivity contribution >= 4 is 0 Å². The maximum absolute atomic E-state index is 14.0. The van der Waals surface area contributed by atoms with Crippen LogP contribution in [0.25, 0.3) is 0 Å². The number of benzene rings is 2. The molecule has 0 bridgehead atoms. The number of aryl methyl sites for hydroxylation is 1. The summed E-state index contributed by atoms with van der Waals surface area (Å²) in [5.41, 5.74) is 2.70. The molecule has 0 radical (unpaired) electrons. The molecule has 1 aliphatic rings. The summed E-state index contributed by atoms with van der Waals surface area (Å²) in [6, 6.07) is 15.1. The highest BCUT2D eigenvalue weighted by atomic mass is 19.3. The SMILES string of the molecule is CC1(C)OCc2cc(C(O)CNCCCCCCOCC(F)(F)CCc3ccccc3)ccc2O1. The summed E-state index contributed by atoms with van der Waals surface area (Å²) in [6.45, 7) is 5.32. The van der Waals surface area contributed by atoms with Crippen molar-refractivity contribution in [3.63, 3.8) is 0 Å². The van der Waals surface area contributed by atoms with Crippen LogP contribution in [0, 0.1) is 0 Å². The Morgan fingerprint density at radius 2 is 1.86 bits per heavy atom. The van der Waals surface area contributed by atoms with Crippen LogP contribution in [0.15, 0.2) is 48.5 Å². The highest BCUT2D eigenvalue weighted by Crippen LogP contribution is 2.32. The molecule has 194 valence electrons. The first kappa shape index (κ1) is 27.5. The number of halogens is 2. The molecule has 0 aliphatic carbocycles. The lowest BCUT2D eigenvalue weighted by molar-refractivity contribution is -0.180. The Morgan fingerprint density at radius 3 is 2.66 bits per heavy atom. The van der Waals surface area contributed by atoms with Crippen LogP contribution < -0.4 is 10.1 Å². The summed E-state index contributed by atoms with van der Waals surface area (Å²) in [6.07, 6.45) is 3.20. The Kier molecular flexibility index (Phi) is 10.5. The zero-order valence-electron chi connectivity index (χ0n) is 20.9. The molecule has 2 aromatic rings. The van der Waals surface area contributed by atoms with Gasteiger partial charge in [0.1, 0.15) is 12.4 Å². The zero-order valence-corrected chi connectivity index (χ0v) is 20.9. The van der Waals surface area contributed by atoms with E-state index in [4.69, 9.17) is 14.2 Å². The molecule has 0 spiro atoms. The van der Waals surface area contributed by atoms with Crippen molar-refractivity contribution in [1.29, 1.82) is 0 Å². The van der Waals surface area contributed by atoms with Gasteiger partial charge in [-0.1, -0.05) is 49.2 Å². The minimum absolute atomic E-state index is 0.195. The summed E-state index contributed by atoms with van der Waals surface area (Å²) >= 11 is 0. The van der Waals surface area contributed by atoms with Gasteiger partial charge in [-0.05, 0) is 49.1 Å². The van der Waals surface area contributed by atoms with Gasteiger partial charge in [-0.15, -0.1) is 0 Å². The van der Waals surface area contributed by atoms with E-state index in [1.165, 1.54) is 0 Å². The molecule has 1 unspecified atom stereocenters. The van der Waals surface area contributed by atoms with Crippen LogP contribution in [0.4, 0.5) is 8.78 Å². The normalized spacial score (nSPS) is 15.9. The van der Waals surface area contributed by atoms with Crippen molar-refractivity contribution in [2.75, 3.05) is 26.3 Å². The van der Waals surface area contributed by atoms with Crippen molar-refractivity contribution in [2.24, 2.45) is 0 Å². The number of unbranched alkanes of at least 4 members (excludes halogenated alkanes) is 3. The third kappa shape index (κ3) is 9.84. The van der Waals surface area contributed by atoms with Gasteiger partial charge >= 0.3 is 0 Å². The maximum Gasteiger partial charge on any atom is 0.271 e. The molecule has 7 heteroatoms. The predicted molar refractivity (Wildman–Crippen MR) is 133 cm³/mol. The molecule has 0 aromatic heterocycles. The molecule has 1 heterocycles. The van der Waals surface area contributed by atoms with Gasteiger partial charge in [-0.3, -0.25) is 0 Å². The van der Waals surface area contributed by atoms with E-state index in [1.54, 1.807) is 0 Å². The number of rotatable bonds is 15. The van der Waals surface area contributed by atoms with Gasteiger partial charge in [0.15, 0.2) is 0 Å². The monoisotopic (exact) mass is 491 g/mol. The van der Waals surface area contributed by atoms with Crippen molar-refractivity contribution in [3.8, 4) is 5.75 Å². The standard InChI is InChI=1S/C28H39F2NO4/c1-27(2)34-20-24-18-23(12-13-26(24)35-27)25(32)19-31-16-8-3-4-9-17-33-21-28(29,30)15-14-22-10-6-5-7-11-22/h5-7,10-13,18,25,31-32H,3-4,8-9,14-17,19-21H2,1-2H3. The topological polar surface area (TPSA) is 60.0 Å². The number of aliphatic hydroxyl groups excluding tert-OH is 1. The second-order valence-electron chi connectivity index (χ2n) is 9.69. The van der Waals surface area contributed by atoms with Gasteiger partial charge < -0.3 is 24.6 Å². The lowest BCUT2D eigenvalue weighted by Gasteiger charge is -2.33. The summed E-state index contributed by atoms with van der Waals surface area (Å²) < 4.78 is 44.6. The Hall–Kier alpha value is -2.06. The van der Waals surface area contributed by atoms with Crippen LogP contribution in [0.2, 0.25) is 0 Å². The van der Waals surface area contributed by atoms with Gasteiger partial charge in [0.05, 0.1) is 12.7 Å². The summed E-state index contributed by atoms with van der Waals surface area (Å²) in [5.74, 6) is -2.63. The van der Waals surface area contributed by atoms with Crippen LogP contribution in [-0.2, 0) is 22.5 Å². The number of ether oxygens (including phenoxy) is 3. The van der Waals surface area contributed by atoms with Crippen molar-refractivity contribution in [2.45, 2.75) is 76.8 Å². The summed E-state index contributed by atoms with van der Waals surface area (Å²) in [7, 11) is 0. The fraction of sp³-hybridized carbons (Fsp3) is 0.571. The number of alkyl halides is 2. The average molecular weight is 492 g/mol. The number of nitrogens with one attached hydrogen (secondary N) is 1. The van der Waals surface area contributed by atoms with Crippen molar-refractivity contribution in [1.82, 2.24) is 5.32 Å². The molecule has 2 N–H and O–H groups in total. The van der Waals surface area contributed by atoms with E-state index in [0.717, 1.165) is 54.7 Å². The number of hydrogen-bond acceptors (Lipinski definition) is 5. The van der Waals surface area contributed by atoms with E-state index in [9.17, 15) is 13.9 Å². The first-order chi connectivity index (χ1) is 16.7. The molecule has 2 aromatic carbocycles. The molecule has 1 aliphatic heterocycles. The van der Waals surface area contributed by atoms with E-state index in [2.05, 4.69) is 5.32 Å². The summed E-state index contributed by atoms with van der Waals surface area (Å²) in [4.78, 5) is 0. The molecular formula is C28H39F2NO4. The fourth-order valence-corrected chi connectivity index (χ4v) is 3.99. The minimum Gasteiger partial charge on any atom is -0.463 e. The van der Waals surface area contributed by atoms with E-state index < -0.39 is 24.4 Å². The van der Waals surface area contributed by atoms with E-state index in [0.29, 0.717) is 26.2 Å². The molecule has 0 amide bonds. The lowest BCUT2D eigenvalue weighted by Crippen LogP contribution is -2.35. The first-order valence-corrected chi connectivity index (χ1v) is 12.6. The Bertz CT molecular complexity index is 892. The summed E-state index contributed by atoms with van der Waals surface area (Å²) in [5, 5.41) is 13.8. The second kappa shape index (κ2) is 13.3. The Morgan fingerprint density at radius 1 is 1.09 bits per heavy atom. The smallest absolute Gasteiger partial charge is 0.271 e. The molecular weight excluding hydrogens is 452 g/mol. The third-order valence-corrected chi connectivity index (χ3v) is 6.07. The number of aliphatic hydroxyl groups is 1. The lowest BCUT2D eigenvalue weighted by atomic mass is 10.0. The maximum atomic E-state index is 14.0. The van der Waals surface area contributed by atoms with E-state index >= 15 is 0 Å². The molecule has 0 fully saturated rings. The van der Waals surface area contributed by atoms with Gasteiger partial charge in [0.25, 0.3) is 5.92 Å². The molecule has 0 saturated heterocycles. The van der Waals surface area contributed by atoms with E-state index in [-0.39, 0.29) is 6.42 Å². The van der Waals surface area contributed by atoms with Crippen molar-refractivity contribution in [3.05, 3.63) is 65.2 Å². The molecule has 3 rings (SSSR count). The molecule has 35 heavy (non-hydrogen) atoms. The zero-order chi connectivity index (χ0) is 25.2. The van der Waals surface area contributed by atoms with E-state index in [1.807, 2.05) is 62.4 Å². The van der Waals surface area contributed by atoms with Crippen LogP contribution in [0.3, 0.4) is 0 Å². The largest absolute Gasteiger partial charge is 0.463 e. The minimum atomic E-state index is -2.80. The predicted octanol–water partition coefficient (Wildman–Crippen LogP) is 5.80. The van der Waals surface area contributed by atoms with Gasteiger partial charge in [-0.25, -0.2) is 8.78 Å². The number of hydrogen-bond donors (Lipinski definition) is 2. The highest BCUT2D eigenvalue weighted by Gasteiger charge is 2.29. The fourth-order valence-electron chi connectivity index (χ4n) is 3.99. The van der Waals surface area contributed by atoms with Crippen LogP contribution in [0.1, 0.15) is 68.7 Å². The van der Waals surface area contributed by atoms with Crippen LogP contribution >= 0.6 is 0 Å². The van der Waals surface area contributed by atoms with Crippen LogP contribution in [0.5, 0.6) is 5.75 Å². The van der Waals surface area contributed by atoms with Gasteiger partial charge in [0, 0.05) is 39.0 Å². The number of fused-ring (bicyclic) bond motifs is 1. The Labute approximate surface area is 207 Å². The molecule has 1 atom stereocenters. The highest BCUT2D eigenvalue weighted by molar-refractivity contribution is 5.39. The Balaban J connectivity index is 1.19. The molecule has 5 nitrogen and oxygen atoms in total. The van der Waals surface area contributed by atoms with Gasteiger partial charge in [0.2, 0.25) is 5.79 Å². The quantitative estimate of drug-likeness (QED) is 0.309. The third-order valence-electron chi connectivity index (χ3n) is 6.07. The van der Waals surface area contributed by atoms with Gasteiger partial charge in [-0.2, -0.15) is 0 Å². The second-order valence-corrected chi connectivity index (χ2v) is 9.69. The molecule has 0 saturated carbocycles.